The summed E-state index contributed by atoms with van der Waals surface area (Å²) in [7, 11) is 0. The zero-order valence-electron chi connectivity index (χ0n) is 10.4. The molecule has 0 aliphatic rings. The minimum atomic E-state index is -1.23. The molecule has 17 heavy (non-hydrogen) atoms. The molecule has 0 bridgehead atoms. The summed E-state index contributed by atoms with van der Waals surface area (Å²) in [6.07, 6.45) is 0. The molecule has 7 heteroatoms. The van der Waals surface area contributed by atoms with Gasteiger partial charge >= 0.3 is 12.0 Å². The van der Waals surface area contributed by atoms with E-state index < -0.39 is 29.5 Å². The van der Waals surface area contributed by atoms with Crippen LogP contribution in [0.5, 0.6) is 0 Å². The van der Waals surface area contributed by atoms with Crippen LogP contribution in [0.2, 0.25) is 0 Å². The maximum absolute atomic E-state index is 11.5. The van der Waals surface area contributed by atoms with Crippen molar-refractivity contribution in [1.82, 2.24) is 10.6 Å². The van der Waals surface area contributed by atoms with E-state index in [1.165, 1.54) is 13.8 Å². The Balaban J connectivity index is 4.55. The molecule has 0 aliphatic heterocycles. The molecule has 0 unspecified atom stereocenters. The van der Waals surface area contributed by atoms with Gasteiger partial charge in [-0.2, -0.15) is 0 Å². The lowest BCUT2D eigenvalue weighted by Gasteiger charge is -2.25. The van der Waals surface area contributed by atoms with E-state index in [0.29, 0.717) is 0 Å². The Morgan fingerprint density at radius 2 is 1.71 bits per heavy atom. The van der Waals surface area contributed by atoms with Crippen LogP contribution in [0.3, 0.4) is 0 Å². The van der Waals surface area contributed by atoms with E-state index in [-0.39, 0.29) is 5.92 Å². The first-order valence-corrected chi connectivity index (χ1v) is 5.19. The minimum absolute atomic E-state index is 0.269. The van der Waals surface area contributed by atoms with Crippen molar-refractivity contribution in [2.75, 3.05) is 0 Å². The molecule has 0 aliphatic carbocycles. The van der Waals surface area contributed by atoms with Crippen molar-refractivity contribution < 1.29 is 19.5 Å². The first-order valence-electron chi connectivity index (χ1n) is 5.19. The monoisotopic (exact) mass is 245 g/mol. The molecule has 98 valence electrons. The number of nitrogens with two attached hydrogens (primary N) is 1. The van der Waals surface area contributed by atoms with Crippen LogP contribution in [0.25, 0.3) is 0 Å². The van der Waals surface area contributed by atoms with E-state index >= 15 is 0 Å². The number of nitrogens with one attached hydrogen (secondary N) is 2. The number of primary amides is 1. The third-order valence-corrected chi connectivity index (χ3v) is 2.26. The minimum Gasteiger partial charge on any atom is -0.480 e. The van der Waals surface area contributed by atoms with E-state index in [0.717, 1.165) is 0 Å². The number of carboxylic acid groups (broad SMARTS) is 1. The highest BCUT2D eigenvalue weighted by Crippen LogP contribution is 2.03. The molecule has 0 fully saturated rings. The number of carbonyl (C=O) groups is 3. The number of hydrogen-bond donors (Lipinski definition) is 4. The molecule has 1 atom stereocenters. The summed E-state index contributed by atoms with van der Waals surface area (Å²) in [5, 5.41) is 13.4. The first kappa shape index (κ1) is 15.2. The van der Waals surface area contributed by atoms with Crippen molar-refractivity contribution in [2.24, 2.45) is 11.7 Å². The summed E-state index contributed by atoms with van der Waals surface area (Å²) >= 11 is 0. The van der Waals surface area contributed by atoms with Gasteiger partial charge in [0.2, 0.25) is 5.91 Å². The Kier molecular flexibility index (Phi) is 4.93. The van der Waals surface area contributed by atoms with Gasteiger partial charge in [-0.3, -0.25) is 4.79 Å². The van der Waals surface area contributed by atoms with Crippen LogP contribution in [-0.4, -0.2) is 34.6 Å². The standard InChI is InChI=1S/C10H19N3O4/c1-5(2)6(7(14)15)12-9(17)13-10(3,4)8(11)16/h5-6H,1-4H3,(H2,11,16)(H,14,15)(H2,12,13,17)/t6-/m1/s1. The molecule has 0 saturated heterocycles. The van der Waals surface area contributed by atoms with Crippen molar-refractivity contribution in [3.8, 4) is 0 Å². The van der Waals surface area contributed by atoms with E-state index in [2.05, 4.69) is 10.6 Å². The number of aliphatic carboxylic acids is 1. The molecule has 0 aromatic heterocycles. The molecular weight excluding hydrogens is 226 g/mol. The van der Waals surface area contributed by atoms with Crippen molar-refractivity contribution in [3.63, 3.8) is 0 Å². The van der Waals surface area contributed by atoms with Gasteiger partial charge in [-0.1, -0.05) is 13.8 Å². The lowest BCUT2D eigenvalue weighted by atomic mass is 10.0. The maximum atomic E-state index is 11.5. The number of hydrogen-bond acceptors (Lipinski definition) is 3. The Morgan fingerprint density at radius 3 is 2.00 bits per heavy atom. The quantitative estimate of drug-likeness (QED) is 0.529. The zero-order chi connectivity index (χ0) is 13.8. The van der Waals surface area contributed by atoms with Gasteiger partial charge in [0.1, 0.15) is 11.6 Å². The van der Waals surface area contributed by atoms with Crippen LogP contribution in [0.1, 0.15) is 27.7 Å². The Morgan fingerprint density at radius 1 is 1.24 bits per heavy atom. The summed E-state index contributed by atoms with van der Waals surface area (Å²) in [5.74, 6) is -2.11. The fourth-order valence-corrected chi connectivity index (χ4v) is 1.04. The molecule has 0 radical (unpaired) electrons. The van der Waals surface area contributed by atoms with Gasteiger partial charge in [0.25, 0.3) is 0 Å². The van der Waals surface area contributed by atoms with Crippen LogP contribution in [0.4, 0.5) is 4.79 Å². The van der Waals surface area contributed by atoms with E-state index in [9.17, 15) is 14.4 Å². The number of carbonyl (C=O) groups excluding carboxylic acids is 2. The van der Waals surface area contributed by atoms with Gasteiger partial charge in [0, 0.05) is 0 Å². The number of urea groups is 1. The first-order chi connectivity index (χ1) is 7.58. The lowest BCUT2D eigenvalue weighted by molar-refractivity contribution is -0.140. The summed E-state index contributed by atoms with van der Waals surface area (Å²) in [5.41, 5.74) is 3.84. The molecule has 0 aromatic carbocycles. The third kappa shape index (κ3) is 4.71. The third-order valence-electron chi connectivity index (χ3n) is 2.26. The molecule has 0 spiro atoms. The van der Waals surface area contributed by atoms with E-state index in [1.807, 2.05) is 0 Å². The topological polar surface area (TPSA) is 122 Å². The largest absolute Gasteiger partial charge is 0.480 e. The molecule has 3 amide bonds. The summed E-state index contributed by atoms with van der Waals surface area (Å²) in [6, 6.07) is -1.76. The molecule has 0 rings (SSSR count). The molecular formula is C10H19N3O4. The number of carboxylic acids is 1. The van der Waals surface area contributed by atoms with E-state index in [1.54, 1.807) is 13.8 Å². The number of amides is 3. The van der Waals surface area contributed by atoms with Gasteiger partial charge in [-0.15, -0.1) is 0 Å². The second-order valence-electron chi connectivity index (χ2n) is 4.65. The van der Waals surface area contributed by atoms with Gasteiger partial charge in [-0.25, -0.2) is 9.59 Å². The fraction of sp³-hybridized carbons (Fsp3) is 0.700. The average molecular weight is 245 g/mol. The molecule has 0 saturated carbocycles. The second-order valence-corrected chi connectivity index (χ2v) is 4.65. The molecule has 0 aromatic rings. The average Bonchev–Trinajstić information content (AvgIpc) is 2.12. The van der Waals surface area contributed by atoms with Crippen molar-refractivity contribution in [1.29, 1.82) is 0 Å². The summed E-state index contributed by atoms with van der Waals surface area (Å²) in [4.78, 5) is 33.3. The van der Waals surface area contributed by atoms with E-state index in [4.69, 9.17) is 10.8 Å². The van der Waals surface area contributed by atoms with Crippen LogP contribution in [0.15, 0.2) is 0 Å². The van der Waals surface area contributed by atoms with Crippen molar-refractivity contribution in [2.45, 2.75) is 39.3 Å². The fourth-order valence-electron chi connectivity index (χ4n) is 1.04. The molecule has 0 heterocycles. The zero-order valence-corrected chi connectivity index (χ0v) is 10.4. The summed E-state index contributed by atoms with van der Waals surface area (Å²) in [6.45, 7) is 6.19. The second kappa shape index (κ2) is 5.51. The highest BCUT2D eigenvalue weighted by molar-refractivity contribution is 5.90. The Labute approximate surface area is 99.7 Å². The van der Waals surface area contributed by atoms with Crippen LogP contribution < -0.4 is 16.4 Å². The highest BCUT2D eigenvalue weighted by Gasteiger charge is 2.29. The molecule has 7 nitrogen and oxygen atoms in total. The lowest BCUT2D eigenvalue weighted by Crippen LogP contribution is -2.58. The normalized spacial score (nSPS) is 13.0. The highest BCUT2D eigenvalue weighted by atomic mass is 16.4. The predicted octanol–water partition coefficient (Wildman–Crippen LogP) is -0.341. The van der Waals surface area contributed by atoms with Gasteiger partial charge in [0.05, 0.1) is 0 Å². The van der Waals surface area contributed by atoms with Crippen molar-refractivity contribution >= 4 is 17.9 Å². The smallest absolute Gasteiger partial charge is 0.326 e. The number of rotatable bonds is 5. The van der Waals surface area contributed by atoms with Gasteiger partial charge in [0.15, 0.2) is 0 Å². The maximum Gasteiger partial charge on any atom is 0.326 e. The van der Waals surface area contributed by atoms with Crippen LogP contribution in [-0.2, 0) is 9.59 Å². The molecule has 5 N–H and O–H groups in total. The SMILES string of the molecule is CC(C)[C@@H](NC(=O)NC(C)(C)C(N)=O)C(=O)O. The van der Waals surface area contributed by atoms with Crippen LogP contribution >= 0.6 is 0 Å². The Hall–Kier alpha value is -1.79. The Bertz CT molecular complexity index is 326. The van der Waals surface area contributed by atoms with Crippen molar-refractivity contribution in [3.05, 3.63) is 0 Å². The van der Waals surface area contributed by atoms with Crippen LogP contribution in [0, 0.1) is 5.92 Å². The summed E-state index contributed by atoms with van der Waals surface area (Å²) < 4.78 is 0. The van der Waals surface area contributed by atoms with Gasteiger partial charge < -0.3 is 21.5 Å². The van der Waals surface area contributed by atoms with Gasteiger partial charge in [-0.05, 0) is 19.8 Å². The predicted molar refractivity (Wildman–Crippen MR) is 61.2 cm³/mol.